The number of thiophene rings is 1. The number of nitrogens with one attached hydrogen (secondary N) is 2. The number of hydrogen-bond acceptors (Lipinski definition) is 7. The molecule has 1 unspecified atom stereocenters. The lowest BCUT2D eigenvalue weighted by Gasteiger charge is -2.11. The van der Waals surface area contributed by atoms with Crippen LogP contribution in [0.4, 0.5) is 5.82 Å². The third-order valence-corrected chi connectivity index (χ3v) is 5.66. The Hall–Kier alpha value is -2.71. The number of carbonyl (C=O) groups excluding carboxylic acids is 1. The minimum atomic E-state index is -0.304. The summed E-state index contributed by atoms with van der Waals surface area (Å²) in [4.78, 5) is 22.5. The van der Waals surface area contributed by atoms with E-state index in [4.69, 9.17) is 9.84 Å². The second-order valence-corrected chi connectivity index (χ2v) is 7.50. The van der Waals surface area contributed by atoms with Gasteiger partial charge in [-0.25, -0.2) is 9.97 Å². The van der Waals surface area contributed by atoms with Crippen molar-refractivity contribution in [3.63, 3.8) is 0 Å². The van der Waals surface area contributed by atoms with Crippen molar-refractivity contribution < 1.29 is 14.6 Å². The number of para-hydroxylation sites is 1. The van der Waals surface area contributed by atoms with Gasteiger partial charge in [0.25, 0.3) is 5.91 Å². The van der Waals surface area contributed by atoms with Crippen molar-refractivity contribution in [3.05, 3.63) is 46.6 Å². The van der Waals surface area contributed by atoms with E-state index in [0.29, 0.717) is 17.2 Å². The average molecular weight is 401 g/mol. The van der Waals surface area contributed by atoms with Gasteiger partial charge in [0.2, 0.25) is 0 Å². The zero-order valence-electron chi connectivity index (χ0n) is 16.2. The molecule has 0 bridgehead atoms. The van der Waals surface area contributed by atoms with Gasteiger partial charge in [0.1, 0.15) is 22.7 Å². The molecule has 0 saturated heterocycles. The molecule has 1 amide bonds. The van der Waals surface area contributed by atoms with Crippen LogP contribution in [0.5, 0.6) is 5.75 Å². The molecule has 3 aromatic rings. The smallest absolute Gasteiger partial charge is 0.262 e. The Morgan fingerprint density at radius 1 is 1.32 bits per heavy atom. The molecule has 0 fully saturated rings. The van der Waals surface area contributed by atoms with E-state index in [2.05, 4.69) is 20.6 Å². The Balaban J connectivity index is 1.79. The van der Waals surface area contributed by atoms with Crippen molar-refractivity contribution in [2.24, 2.45) is 0 Å². The Bertz CT molecular complexity index is 973. The standard InChI is InChI=1S/C20H24N4O3S/c1-12(10-25)24-19(26)17-13(2)16-18(22-11-23-20(16)28-17)21-9-8-14-6-4-5-7-15(14)27-3/h4-7,11-12,25H,8-10H2,1-3H3,(H,24,26)(H,21,22,23). The van der Waals surface area contributed by atoms with E-state index in [1.807, 2.05) is 31.2 Å². The molecule has 2 aromatic heterocycles. The molecular formula is C20H24N4O3S. The lowest BCUT2D eigenvalue weighted by Crippen LogP contribution is -2.34. The summed E-state index contributed by atoms with van der Waals surface area (Å²) in [7, 11) is 1.67. The fourth-order valence-electron chi connectivity index (χ4n) is 2.98. The number of nitrogens with zero attached hydrogens (tertiary/aromatic N) is 2. The molecule has 0 aliphatic heterocycles. The van der Waals surface area contributed by atoms with Crippen molar-refractivity contribution >= 4 is 33.3 Å². The van der Waals surface area contributed by atoms with Gasteiger partial charge in [0.05, 0.1) is 24.0 Å². The van der Waals surface area contributed by atoms with Crippen LogP contribution in [0.1, 0.15) is 27.7 Å². The Kier molecular flexibility index (Phi) is 6.43. The van der Waals surface area contributed by atoms with Gasteiger partial charge in [-0.05, 0) is 37.5 Å². The molecule has 2 heterocycles. The fourth-order valence-corrected chi connectivity index (χ4v) is 4.03. The highest BCUT2D eigenvalue weighted by molar-refractivity contribution is 7.20. The minimum absolute atomic E-state index is 0.106. The SMILES string of the molecule is COc1ccccc1CCNc1ncnc2sc(C(=O)NC(C)CO)c(C)c12. The highest BCUT2D eigenvalue weighted by Gasteiger charge is 2.20. The third kappa shape index (κ3) is 4.23. The molecular weight excluding hydrogens is 376 g/mol. The highest BCUT2D eigenvalue weighted by atomic mass is 32.1. The van der Waals surface area contributed by atoms with Crippen LogP contribution in [0.2, 0.25) is 0 Å². The number of rotatable bonds is 8. The summed E-state index contributed by atoms with van der Waals surface area (Å²) in [6.45, 7) is 4.22. The van der Waals surface area contributed by atoms with Crippen LogP contribution in [0.3, 0.4) is 0 Å². The predicted octanol–water partition coefficient (Wildman–Crippen LogP) is 2.77. The topological polar surface area (TPSA) is 96.4 Å². The van der Waals surface area contributed by atoms with Gasteiger partial charge in [-0.2, -0.15) is 0 Å². The lowest BCUT2D eigenvalue weighted by atomic mass is 10.1. The number of aromatic nitrogens is 2. The Morgan fingerprint density at radius 2 is 2.11 bits per heavy atom. The molecule has 0 aliphatic rings. The van der Waals surface area contributed by atoms with Gasteiger partial charge in [-0.15, -0.1) is 11.3 Å². The summed E-state index contributed by atoms with van der Waals surface area (Å²) in [5, 5.41) is 16.2. The number of anilines is 1. The van der Waals surface area contributed by atoms with Crippen molar-refractivity contribution in [2.75, 3.05) is 25.6 Å². The van der Waals surface area contributed by atoms with Crippen LogP contribution in [0, 0.1) is 6.92 Å². The number of aliphatic hydroxyl groups is 1. The molecule has 0 aliphatic carbocycles. The third-order valence-electron chi connectivity index (χ3n) is 4.46. The number of hydrogen-bond donors (Lipinski definition) is 3. The molecule has 7 nitrogen and oxygen atoms in total. The van der Waals surface area contributed by atoms with E-state index in [1.54, 1.807) is 14.0 Å². The number of methoxy groups -OCH3 is 1. The van der Waals surface area contributed by atoms with Crippen LogP contribution in [0.25, 0.3) is 10.2 Å². The van der Waals surface area contributed by atoms with Crippen molar-refractivity contribution in [1.29, 1.82) is 0 Å². The van der Waals surface area contributed by atoms with Crippen LogP contribution >= 0.6 is 11.3 Å². The van der Waals surface area contributed by atoms with Crippen LogP contribution in [0.15, 0.2) is 30.6 Å². The second-order valence-electron chi connectivity index (χ2n) is 6.50. The van der Waals surface area contributed by atoms with Gasteiger partial charge in [0, 0.05) is 12.6 Å². The zero-order chi connectivity index (χ0) is 20.1. The first kappa shape index (κ1) is 20.0. The summed E-state index contributed by atoms with van der Waals surface area (Å²) in [5.41, 5.74) is 1.95. The fraction of sp³-hybridized carbons (Fsp3) is 0.350. The molecule has 28 heavy (non-hydrogen) atoms. The van der Waals surface area contributed by atoms with Gasteiger partial charge >= 0.3 is 0 Å². The Morgan fingerprint density at radius 3 is 2.86 bits per heavy atom. The van der Waals surface area contributed by atoms with Crippen LogP contribution in [-0.4, -0.2) is 47.3 Å². The molecule has 1 aromatic carbocycles. The highest BCUT2D eigenvalue weighted by Crippen LogP contribution is 2.33. The first-order valence-electron chi connectivity index (χ1n) is 9.06. The van der Waals surface area contributed by atoms with Gasteiger partial charge < -0.3 is 20.5 Å². The maximum Gasteiger partial charge on any atom is 0.262 e. The Labute approximate surface area is 167 Å². The van der Waals surface area contributed by atoms with E-state index >= 15 is 0 Å². The van der Waals surface area contributed by atoms with Crippen molar-refractivity contribution in [2.45, 2.75) is 26.3 Å². The summed E-state index contributed by atoms with van der Waals surface area (Å²) < 4.78 is 5.39. The molecule has 1 atom stereocenters. The van der Waals surface area contributed by atoms with E-state index in [1.165, 1.54) is 17.7 Å². The summed E-state index contributed by atoms with van der Waals surface area (Å²) in [6.07, 6.45) is 2.28. The molecule has 3 rings (SSSR count). The van der Waals surface area contributed by atoms with E-state index in [9.17, 15) is 4.79 Å². The van der Waals surface area contributed by atoms with E-state index in [-0.39, 0.29) is 18.6 Å². The van der Waals surface area contributed by atoms with Gasteiger partial charge in [-0.3, -0.25) is 4.79 Å². The molecule has 0 saturated carbocycles. The van der Waals surface area contributed by atoms with Crippen LogP contribution in [-0.2, 0) is 6.42 Å². The number of carbonyl (C=O) groups is 1. The number of aliphatic hydroxyl groups excluding tert-OH is 1. The molecule has 0 spiro atoms. The summed E-state index contributed by atoms with van der Waals surface area (Å²) in [5.74, 6) is 1.37. The molecule has 8 heteroatoms. The quantitative estimate of drug-likeness (QED) is 0.538. The number of amides is 1. The first-order valence-corrected chi connectivity index (χ1v) is 9.88. The zero-order valence-corrected chi connectivity index (χ0v) is 17.0. The van der Waals surface area contributed by atoms with Crippen molar-refractivity contribution in [3.8, 4) is 5.75 Å². The second kappa shape index (κ2) is 8.99. The number of ether oxygens (including phenoxy) is 1. The number of benzene rings is 1. The van der Waals surface area contributed by atoms with Crippen molar-refractivity contribution in [1.82, 2.24) is 15.3 Å². The van der Waals surface area contributed by atoms with Crippen LogP contribution < -0.4 is 15.4 Å². The van der Waals surface area contributed by atoms with E-state index in [0.717, 1.165) is 33.5 Å². The lowest BCUT2D eigenvalue weighted by molar-refractivity contribution is 0.0926. The maximum atomic E-state index is 12.5. The van der Waals surface area contributed by atoms with Gasteiger partial charge in [-0.1, -0.05) is 18.2 Å². The monoisotopic (exact) mass is 400 g/mol. The maximum absolute atomic E-state index is 12.5. The predicted molar refractivity (Wildman–Crippen MR) is 111 cm³/mol. The molecule has 148 valence electrons. The molecule has 0 radical (unpaired) electrons. The molecule has 3 N–H and O–H groups in total. The summed E-state index contributed by atoms with van der Waals surface area (Å²) >= 11 is 1.33. The van der Waals surface area contributed by atoms with Gasteiger partial charge in [0.15, 0.2) is 0 Å². The average Bonchev–Trinajstić information content (AvgIpc) is 3.06. The number of aryl methyl sites for hydroxylation is 1. The summed E-state index contributed by atoms with van der Waals surface area (Å²) in [6, 6.07) is 7.61. The minimum Gasteiger partial charge on any atom is -0.496 e. The first-order chi connectivity index (χ1) is 13.5. The normalized spacial score (nSPS) is 12.0. The largest absolute Gasteiger partial charge is 0.496 e. The van der Waals surface area contributed by atoms with E-state index < -0.39 is 0 Å². The number of fused-ring (bicyclic) bond motifs is 1.